The van der Waals surface area contributed by atoms with Gasteiger partial charge in [0, 0.05) is 75.9 Å². The first-order chi connectivity index (χ1) is 49.9. The van der Waals surface area contributed by atoms with Crippen molar-refractivity contribution in [1.29, 1.82) is 0 Å². The molecule has 0 aliphatic carbocycles. The molecular weight excluding hydrogens is 1440 g/mol. The number of hydrogen-bond acceptors (Lipinski definition) is 28. The molecule has 8 heterocycles. The van der Waals surface area contributed by atoms with Crippen LogP contribution in [-0.4, -0.2) is 272 Å². The number of piperazine rings is 2. The molecule has 0 saturated carbocycles. The summed E-state index contributed by atoms with van der Waals surface area (Å²) in [6, 6.07) is 17.7. The fourth-order valence-electron chi connectivity index (χ4n) is 10.3. The fourth-order valence-corrected chi connectivity index (χ4v) is 12.3. The summed E-state index contributed by atoms with van der Waals surface area (Å²) < 4.78 is 64.2. The number of ketones is 2. The Labute approximate surface area is 615 Å². The van der Waals surface area contributed by atoms with Crippen molar-refractivity contribution < 1.29 is 106 Å². The molecule has 2 fully saturated rings. The zero-order valence-electron chi connectivity index (χ0n) is 60.2. The summed E-state index contributed by atoms with van der Waals surface area (Å²) in [5.41, 5.74) is 7.58. The van der Waals surface area contributed by atoms with Crippen molar-refractivity contribution in [3.05, 3.63) is 132 Å². The second-order valence-corrected chi connectivity index (χ2v) is 29.1. The van der Waals surface area contributed by atoms with Crippen molar-refractivity contribution in [2.24, 2.45) is 11.5 Å². The van der Waals surface area contributed by atoms with E-state index in [1.807, 2.05) is 12.1 Å². The van der Waals surface area contributed by atoms with E-state index in [1.54, 1.807) is 114 Å². The zero-order chi connectivity index (χ0) is 78.3. The number of aliphatic hydroxyl groups is 6. The number of carbonyl (C=O) groups excluding carboxylic acids is 6. The van der Waals surface area contributed by atoms with E-state index in [0.717, 1.165) is 0 Å². The van der Waals surface area contributed by atoms with Crippen LogP contribution in [-0.2, 0) is 50.3 Å². The predicted octanol–water partition coefficient (Wildman–Crippen LogP) is 1.94. The fraction of sp³-hybridized carbons (Fsp3) is 0.463. The van der Waals surface area contributed by atoms with Crippen LogP contribution in [0.15, 0.2) is 98.1 Å². The average molecular weight is 1540 g/mol. The molecule has 0 unspecified atom stereocenters. The van der Waals surface area contributed by atoms with Crippen molar-refractivity contribution in [3.63, 3.8) is 0 Å². The number of phosphoric ester groups is 2. The summed E-state index contributed by atoms with van der Waals surface area (Å²) in [4.78, 5) is 122. The van der Waals surface area contributed by atoms with E-state index in [2.05, 4.69) is 30.1 Å². The first-order valence-corrected chi connectivity index (χ1v) is 35.8. The first-order valence-electron chi connectivity index (χ1n) is 32.8. The quantitative estimate of drug-likeness (QED) is 0.0235. The molecule has 2 aliphatic rings. The van der Waals surface area contributed by atoms with Gasteiger partial charge in [-0.1, -0.05) is 43.8 Å². The maximum Gasteiger partial charge on any atom is 0.477 e. The van der Waals surface area contributed by atoms with Crippen molar-refractivity contribution in [2.75, 3.05) is 106 Å². The van der Waals surface area contributed by atoms with Crippen LogP contribution >= 0.6 is 15.6 Å². The number of methoxy groups -OCH3 is 2. The highest BCUT2D eigenvalue weighted by Crippen LogP contribution is 2.56. The number of rotatable bonds is 24. The number of aromatic nitrogens is 10. The summed E-state index contributed by atoms with van der Waals surface area (Å²) >= 11 is 0. The maximum atomic E-state index is 14.1. The van der Waals surface area contributed by atoms with Crippen molar-refractivity contribution in [3.8, 4) is 23.1 Å². The first kappa shape index (κ1) is 86.7. The van der Waals surface area contributed by atoms with E-state index < -0.39 is 114 Å². The number of aliphatic hydroxyl groups excluding tert-OH is 6. The number of pyridine rings is 2. The third-order valence-electron chi connectivity index (χ3n) is 15.8. The number of fused-ring (bicyclic) bond motifs is 2. The number of phosphoric acid groups is 2. The molecule has 107 heavy (non-hydrogen) atoms. The zero-order valence-corrected chi connectivity index (χ0v) is 61.9. The van der Waals surface area contributed by atoms with Gasteiger partial charge in [0.15, 0.2) is 11.6 Å². The normalized spacial score (nSPS) is 13.7. The number of nitrogens with two attached hydrogens (primary N) is 2. The van der Waals surface area contributed by atoms with E-state index in [9.17, 15) is 47.7 Å². The third-order valence-corrected chi connectivity index (χ3v) is 18.2. The maximum absolute atomic E-state index is 14.1. The molecule has 0 radical (unpaired) electrons. The van der Waals surface area contributed by atoms with Crippen LogP contribution in [0.4, 0.5) is 0 Å². The Morgan fingerprint density at radius 3 is 1.08 bits per heavy atom. The van der Waals surface area contributed by atoms with Gasteiger partial charge in [0.1, 0.15) is 60.3 Å². The molecular formula is C67H94N16O22P2. The minimum atomic E-state index is -4.90. The molecule has 0 atom stereocenters. The molecule has 2 aliphatic heterocycles. The van der Waals surface area contributed by atoms with Crippen LogP contribution in [0.25, 0.3) is 33.4 Å². The molecule has 12 N–H and O–H groups in total. The Morgan fingerprint density at radius 2 is 0.813 bits per heavy atom. The van der Waals surface area contributed by atoms with E-state index in [-0.39, 0.29) is 122 Å². The highest BCUT2D eigenvalue weighted by Gasteiger charge is 2.40. The molecule has 0 spiro atoms. The Bertz CT molecular complexity index is 4400. The molecule has 2 aromatic carbocycles. The Balaban J connectivity index is 0.000000278. The SMILES string of the molecule is C.COc1cnc(-n2cnc(C)n2)c2c1c(C(=O)C(=O)N1CCN(C(=O)c3ccccc3)CC1)cn2COP(=O)(O)O.COc1cnc(-n2cnc(C)n2)c2c1c(C(=O)C(=O)N1CCN(C(=O)c3ccccc3)CC1)cn2COP(=O)(OC(C)(C)C)OC(C)(C)C.NC(CO)(CO)CO.NC(CO)(CO)CO. The van der Waals surface area contributed by atoms with E-state index >= 15 is 0 Å². The topological polar surface area (TPSA) is 516 Å². The average Bonchev–Trinajstić information content (AvgIpc) is 1.58. The third kappa shape index (κ3) is 22.5. The molecule has 0 bridgehead atoms. The summed E-state index contributed by atoms with van der Waals surface area (Å²) in [7, 11) is -6.32. The second kappa shape index (κ2) is 37.1. The van der Waals surface area contributed by atoms with Crippen molar-refractivity contribution in [2.45, 2.75) is 98.6 Å². The van der Waals surface area contributed by atoms with Crippen molar-refractivity contribution >= 4 is 72.6 Å². The number of benzene rings is 2. The lowest BCUT2D eigenvalue weighted by Gasteiger charge is -2.34. The van der Waals surface area contributed by atoms with Crippen molar-refractivity contribution in [1.82, 2.24) is 68.2 Å². The lowest BCUT2D eigenvalue weighted by molar-refractivity contribution is -0.128. The van der Waals surface area contributed by atoms with E-state index in [0.29, 0.717) is 28.3 Å². The van der Waals surface area contributed by atoms with Crippen LogP contribution < -0.4 is 20.9 Å². The van der Waals surface area contributed by atoms with Gasteiger partial charge in [-0.3, -0.25) is 46.9 Å². The Hall–Kier alpha value is -9.18. The monoisotopic (exact) mass is 1540 g/mol. The van der Waals surface area contributed by atoms with Crippen LogP contribution in [0.5, 0.6) is 11.5 Å². The van der Waals surface area contributed by atoms with Gasteiger partial charge in [0.25, 0.3) is 35.2 Å². The largest absolute Gasteiger partial charge is 0.494 e. The number of amides is 4. The van der Waals surface area contributed by atoms with Crippen LogP contribution in [0.2, 0.25) is 0 Å². The summed E-state index contributed by atoms with van der Waals surface area (Å²) in [5.74, 6) is -1.87. The highest BCUT2D eigenvalue weighted by molar-refractivity contribution is 7.48. The number of aryl methyl sites for hydroxylation is 2. The summed E-state index contributed by atoms with van der Waals surface area (Å²) in [6.45, 7) is 11.9. The number of Topliss-reactive ketones (excluding diaryl/α,β-unsaturated/α-hetero) is 2. The molecule has 4 amide bonds. The minimum absolute atomic E-state index is 0. The number of nitrogens with zero attached hydrogens (tertiary/aromatic N) is 14. The standard InChI is InChI=1S/C33H42N7O8P.C25H26N7O8P.2C4H11NO3.CH4/c1-22-35-20-40(36-22)29-27-26(25(45-8)18-34-29)24(19-39(27)21-46-49(44,47-32(2,3)4)48-33(5,6)7)28(41)31(43)38-16-14-37(15-17-38)30(42)23-12-10-9-11-13-23;1-16-27-14-32(28-16)23-21-20(19(39-2)12-26-23)18(13-31(21)15-40-41(36,37)38)22(33)25(35)30-10-8-29(9-11-30)24(34)17-6-4-3-5-7-17;2*5-4(1-6,2-7)3-8;/h9-13,18-20H,14-17,21H2,1-8H3;3-7,12-14H,8-11,15H2,1-2H3,(H2,36,37,38);2*6-8H,1-3,5H2;1H4. The van der Waals surface area contributed by atoms with Gasteiger partial charge >= 0.3 is 15.6 Å². The summed E-state index contributed by atoms with van der Waals surface area (Å²) in [5, 5.41) is 59.1. The molecule has 2 saturated heterocycles. The highest BCUT2D eigenvalue weighted by atomic mass is 31.2. The van der Waals surface area contributed by atoms with E-state index in [1.165, 1.54) is 80.0 Å². The van der Waals surface area contributed by atoms with E-state index in [4.69, 9.17) is 69.7 Å². The van der Waals surface area contributed by atoms with Gasteiger partial charge < -0.3 is 90.1 Å². The summed E-state index contributed by atoms with van der Waals surface area (Å²) in [6.07, 6.45) is 8.29. The minimum Gasteiger partial charge on any atom is -0.494 e. The Morgan fingerprint density at radius 1 is 0.495 bits per heavy atom. The molecule has 40 heteroatoms. The van der Waals surface area contributed by atoms with Gasteiger partial charge in [-0.2, -0.15) is 10.2 Å². The Kier molecular flexibility index (Phi) is 30.1. The van der Waals surface area contributed by atoms with Gasteiger partial charge in [0.05, 0.1) is 110 Å². The molecule has 8 aromatic rings. The van der Waals surface area contributed by atoms with Gasteiger partial charge in [-0.05, 0) is 79.7 Å². The molecule has 10 rings (SSSR count). The molecule has 6 aromatic heterocycles. The van der Waals surface area contributed by atoms with Gasteiger partial charge in [-0.15, -0.1) is 0 Å². The van der Waals surface area contributed by atoms with Gasteiger partial charge in [0.2, 0.25) is 0 Å². The lowest BCUT2D eigenvalue weighted by atomic mass is 10.1. The second-order valence-electron chi connectivity index (χ2n) is 26.3. The predicted molar refractivity (Wildman–Crippen MR) is 385 cm³/mol. The van der Waals surface area contributed by atoms with Crippen LogP contribution in [0.1, 0.15) is 102 Å². The van der Waals surface area contributed by atoms with Crippen LogP contribution in [0.3, 0.4) is 0 Å². The molecule has 584 valence electrons. The van der Waals surface area contributed by atoms with Crippen LogP contribution in [0, 0.1) is 13.8 Å². The van der Waals surface area contributed by atoms with Gasteiger partial charge in [-0.25, -0.2) is 38.4 Å². The molecule has 38 nitrogen and oxygen atoms in total. The lowest BCUT2D eigenvalue weighted by Crippen LogP contribution is -2.52. The number of ether oxygens (including phenoxy) is 2. The number of carbonyl (C=O) groups is 6. The number of hydrogen-bond donors (Lipinski definition) is 10. The smallest absolute Gasteiger partial charge is 0.477 e.